The van der Waals surface area contributed by atoms with Crippen molar-refractivity contribution in [1.82, 2.24) is 9.13 Å². The predicted octanol–water partition coefficient (Wildman–Crippen LogP) is 1.51. The fourth-order valence-electron chi connectivity index (χ4n) is 3.12. The van der Waals surface area contributed by atoms with Crippen molar-refractivity contribution in [2.75, 3.05) is 6.61 Å². The smallest absolute Gasteiger partial charge is 0.338 e. The number of benzene rings is 1. The van der Waals surface area contributed by atoms with E-state index in [4.69, 9.17) is 0 Å². The average Bonchev–Trinajstić information content (AvgIpc) is 2.65. The molecule has 0 fully saturated rings. The summed E-state index contributed by atoms with van der Waals surface area (Å²) in [5.74, 6) is -0.570. The van der Waals surface area contributed by atoms with Gasteiger partial charge in [0.1, 0.15) is 0 Å². The highest BCUT2D eigenvalue weighted by molar-refractivity contribution is 5.95. The van der Waals surface area contributed by atoms with Crippen molar-refractivity contribution in [3.8, 4) is 0 Å². The molecule has 1 heterocycles. The van der Waals surface area contributed by atoms with Gasteiger partial charge in [-0.05, 0) is 37.8 Å². The quantitative estimate of drug-likeness (QED) is 0.859. The van der Waals surface area contributed by atoms with E-state index in [1.54, 1.807) is 37.3 Å². The molecule has 0 saturated carbocycles. The molecular weight excluding hydrogens is 320 g/mol. The van der Waals surface area contributed by atoms with Crippen molar-refractivity contribution >= 4 is 5.91 Å². The van der Waals surface area contributed by atoms with Crippen molar-refractivity contribution in [3.63, 3.8) is 0 Å². The zero-order valence-electron chi connectivity index (χ0n) is 14.0. The van der Waals surface area contributed by atoms with E-state index in [0.29, 0.717) is 16.6 Å². The molecule has 0 bridgehead atoms. The Kier molecular flexibility index (Phi) is 4.81. The third kappa shape index (κ3) is 3.25. The van der Waals surface area contributed by atoms with Crippen molar-refractivity contribution in [2.45, 2.75) is 25.8 Å². The molecule has 0 spiro atoms. The molecule has 0 unspecified atom stereocenters. The monoisotopic (exact) mass is 340 g/mol. The van der Waals surface area contributed by atoms with Crippen molar-refractivity contribution in [2.24, 2.45) is 5.92 Å². The molecule has 25 heavy (non-hydrogen) atoms. The molecule has 2 atom stereocenters. The largest absolute Gasteiger partial charge is 0.396 e. The third-order valence-electron chi connectivity index (χ3n) is 4.53. The van der Waals surface area contributed by atoms with Crippen molar-refractivity contribution in [3.05, 3.63) is 80.6 Å². The number of allylic oxidation sites excluding steroid dienone is 2. The Bertz CT molecular complexity index is 925. The van der Waals surface area contributed by atoms with Gasteiger partial charge >= 0.3 is 5.69 Å². The lowest BCUT2D eigenvalue weighted by molar-refractivity contribution is 0.0947. The first-order valence-electron chi connectivity index (χ1n) is 8.25. The van der Waals surface area contributed by atoms with Gasteiger partial charge in [-0.1, -0.05) is 30.4 Å². The van der Waals surface area contributed by atoms with Crippen LogP contribution in [0, 0.1) is 12.8 Å². The first kappa shape index (κ1) is 17.1. The number of rotatable bonds is 3. The van der Waals surface area contributed by atoms with Gasteiger partial charge in [-0.2, -0.15) is 4.57 Å². The van der Waals surface area contributed by atoms with E-state index in [9.17, 15) is 19.5 Å². The van der Waals surface area contributed by atoms with Gasteiger partial charge in [0.2, 0.25) is 0 Å². The second kappa shape index (κ2) is 7.03. The lowest BCUT2D eigenvalue weighted by atomic mass is 9.91. The number of aromatic nitrogens is 2. The summed E-state index contributed by atoms with van der Waals surface area (Å²) in [4.78, 5) is 38.0. The molecule has 6 nitrogen and oxygen atoms in total. The van der Waals surface area contributed by atoms with Gasteiger partial charge < -0.3 is 5.11 Å². The van der Waals surface area contributed by atoms with Gasteiger partial charge in [0.25, 0.3) is 11.5 Å². The molecule has 1 aromatic heterocycles. The van der Waals surface area contributed by atoms with E-state index in [-0.39, 0.29) is 24.1 Å². The standard InChI is InChI=1S/C19H20N2O4/c1-13-11-20(16-9-5-6-14(10-16)12-22)19(25)21(17(13)23)18(24)15-7-3-2-4-8-15/h2-5,7-9,11,14,16,22H,6,10,12H2,1H3/t14-,16+/m1/s1. The number of nitrogens with zero attached hydrogens (tertiary/aromatic N) is 2. The first-order chi connectivity index (χ1) is 12.0. The lowest BCUT2D eigenvalue weighted by Gasteiger charge is -2.25. The second-order valence-corrected chi connectivity index (χ2v) is 6.33. The maximum absolute atomic E-state index is 12.9. The minimum absolute atomic E-state index is 0.0388. The Morgan fingerprint density at radius 1 is 1.24 bits per heavy atom. The zero-order valence-corrected chi connectivity index (χ0v) is 14.0. The number of aryl methyl sites for hydroxylation is 1. The molecule has 1 aromatic carbocycles. The van der Waals surface area contributed by atoms with Crippen LogP contribution in [0.25, 0.3) is 0 Å². The average molecular weight is 340 g/mol. The van der Waals surface area contributed by atoms with Crippen LogP contribution >= 0.6 is 0 Å². The van der Waals surface area contributed by atoms with Crippen molar-refractivity contribution in [1.29, 1.82) is 0 Å². The number of carbonyl (C=O) groups is 1. The lowest BCUT2D eigenvalue weighted by Crippen LogP contribution is -2.45. The van der Waals surface area contributed by atoms with Crippen LogP contribution in [-0.2, 0) is 0 Å². The molecule has 130 valence electrons. The fraction of sp³-hybridized carbons (Fsp3) is 0.316. The predicted molar refractivity (Wildman–Crippen MR) is 93.9 cm³/mol. The molecule has 1 aliphatic carbocycles. The Morgan fingerprint density at radius 2 is 1.96 bits per heavy atom. The zero-order chi connectivity index (χ0) is 18.0. The van der Waals surface area contributed by atoms with E-state index < -0.39 is 17.2 Å². The summed E-state index contributed by atoms with van der Waals surface area (Å²) in [5.41, 5.74) is -0.652. The van der Waals surface area contributed by atoms with E-state index in [2.05, 4.69) is 0 Å². The number of aliphatic hydroxyl groups is 1. The summed E-state index contributed by atoms with van der Waals surface area (Å²) in [6, 6.07) is 7.99. The topological polar surface area (TPSA) is 81.3 Å². The summed E-state index contributed by atoms with van der Waals surface area (Å²) in [5, 5.41) is 9.38. The number of aliphatic hydroxyl groups excluding tert-OH is 1. The van der Waals surface area contributed by atoms with Gasteiger partial charge in [0.05, 0.1) is 6.04 Å². The molecule has 6 heteroatoms. The van der Waals surface area contributed by atoms with Gasteiger partial charge in [-0.15, -0.1) is 0 Å². The van der Waals surface area contributed by atoms with E-state index in [1.807, 2.05) is 12.2 Å². The Morgan fingerprint density at radius 3 is 2.64 bits per heavy atom. The second-order valence-electron chi connectivity index (χ2n) is 6.33. The Balaban J connectivity index is 2.12. The normalized spacial score (nSPS) is 19.8. The minimum atomic E-state index is -0.655. The maximum Gasteiger partial charge on any atom is 0.338 e. The van der Waals surface area contributed by atoms with Crippen LogP contribution in [0.2, 0.25) is 0 Å². The fourth-order valence-corrected chi connectivity index (χ4v) is 3.12. The molecule has 0 aliphatic heterocycles. The van der Waals surface area contributed by atoms with Crippen LogP contribution in [0.3, 0.4) is 0 Å². The van der Waals surface area contributed by atoms with Crippen LogP contribution in [-0.4, -0.2) is 26.8 Å². The van der Waals surface area contributed by atoms with Gasteiger partial charge in [-0.25, -0.2) is 4.79 Å². The van der Waals surface area contributed by atoms with Crippen molar-refractivity contribution < 1.29 is 9.90 Å². The Hall–Kier alpha value is -2.73. The van der Waals surface area contributed by atoms with Gasteiger partial charge in [0.15, 0.2) is 0 Å². The minimum Gasteiger partial charge on any atom is -0.396 e. The molecule has 0 radical (unpaired) electrons. The number of carbonyl (C=O) groups excluding carboxylic acids is 1. The summed E-state index contributed by atoms with van der Waals surface area (Å²) >= 11 is 0. The molecule has 1 aliphatic rings. The molecular formula is C19H20N2O4. The van der Waals surface area contributed by atoms with Gasteiger partial charge in [0, 0.05) is 23.9 Å². The van der Waals surface area contributed by atoms with Crippen LogP contribution in [0.15, 0.2) is 58.3 Å². The number of hydrogen-bond acceptors (Lipinski definition) is 4. The van der Waals surface area contributed by atoms with E-state index >= 15 is 0 Å². The molecule has 0 amide bonds. The highest BCUT2D eigenvalue weighted by Gasteiger charge is 2.23. The highest BCUT2D eigenvalue weighted by atomic mass is 16.3. The summed E-state index contributed by atoms with van der Waals surface area (Å²) < 4.78 is 2.11. The van der Waals surface area contributed by atoms with Crippen LogP contribution < -0.4 is 11.2 Å². The Labute approximate surface area is 144 Å². The summed E-state index contributed by atoms with van der Waals surface area (Å²) in [7, 11) is 0. The molecule has 1 N–H and O–H groups in total. The van der Waals surface area contributed by atoms with E-state index in [1.165, 1.54) is 10.8 Å². The highest BCUT2D eigenvalue weighted by Crippen LogP contribution is 2.25. The third-order valence-corrected chi connectivity index (χ3v) is 4.53. The first-order valence-corrected chi connectivity index (χ1v) is 8.25. The molecule has 0 saturated heterocycles. The SMILES string of the molecule is Cc1cn([C@H]2C=CC[C@@H](CO)C2)c(=O)n(C(=O)c2ccccc2)c1=O. The van der Waals surface area contributed by atoms with Gasteiger partial charge in [-0.3, -0.25) is 14.2 Å². The molecule has 3 rings (SSSR count). The van der Waals surface area contributed by atoms with E-state index in [0.717, 1.165) is 6.42 Å². The maximum atomic E-state index is 12.9. The summed E-state index contributed by atoms with van der Waals surface area (Å²) in [6.07, 6.45) is 6.64. The number of hydrogen-bond donors (Lipinski definition) is 1. The molecule has 2 aromatic rings. The van der Waals surface area contributed by atoms with Crippen LogP contribution in [0.5, 0.6) is 0 Å². The summed E-state index contributed by atoms with van der Waals surface area (Å²) in [6.45, 7) is 1.63. The van der Waals surface area contributed by atoms with Crippen LogP contribution in [0.4, 0.5) is 0 Å². The van der Waals surface area contributed by atoms with Crippen LogP contribution in [0.1, 0.15) is 34.8 Å².